The summed E-state index contributed by atoms with van der Waals surface area (Å²) in [6.07, 6.45) is 0.972. The fraction of sp³-hybridized carbons (Fsp3) is 0.250. The zero-order chi connectivity index (χ0) is 18.0. The smallest absolute Gasteiger partial charge is 0.0480 e. The number of hydrogen-bond donors (Lipinski definition) is 0. The van der Waals surface area contributed by atoms with Gasteiger partial charge in [0.1, 0.15) is 0 Å². The fourth-order valence-corrected chi connectivity index (χ4v) is 3.38. The van der Waals surface area contributed by atoms with Gasteiger partial charge in [-0.2, -0.15) is 0 Å². The van der Waals surface area contributed by atoms with E-state index in [2.05, 4.69) is 95.9 Å². The Hall–Kier alpha value is -2.42. The van der Waals surface area contributed by atoms with Gasteiger partial charge in [-0.15, -0.1) is 0 Å². The Labute approximate surface area is 157 Å². The molecule has 0 radical (unpaired) electrons. The van der Waals surface area contributed by atoms with Gasteiger partial charge in [0.05, 0.1) is 0 Å². The van der Waals surface area contributed by atoms with Gasteiger partial charge >= 0.3 is 0 Å². The zero-order valence-corrected chi connectivity index (χ0v) is 15.4. The van der Waals surface area contributed by atoms with Gasteiger partial charge in [0.2, 0.25) is 0 Å². The van der Waals surface area contributed by atoms with E-state index in [9.17, 15) is 0 Å². The molecule has 3 aromatic rings. The Morgan fingerprint density at radius 3 is 1.62 bits per heavy atom. The molecule has 0 saturated heterocycles. The molecule has 0 heterocycles. The van der Waals surface area contributed by atoms with Gasteiger partial charge < -0.3 is 4.74 Å². The minimum absolute atomic E-state index is 0.316. The molecule has 0 spiro atoms. The Morgan fingerprint density at radius 2 is 1.15 bits per heavy atom. The molecule has 0 aliphatic rings. The van der Waals surface area contributed by atoms with Gasteiger partial charge in [-0.3, -0.25) is 4.90 Å². The summed E-state index contributed by atoms with van der Waals surface area (Å²) in [4.78, 5) is 2.55. The van der Waals surface area contributed by atoms with Crippen LogP contribution in [0.2, 0.25) is 0 Å². The van der Waals surface area contributed by atoms with Gasteiger partial charge in [0, 0.05) is 32.8 Å². The van der Waals surface area contributed by atoms with E-state index in [0.717, 1.165) is 26.1 Å². The van der Waals surface area contributed by atoms with E-state index in [1.807, 2.05) is 0 Å². The van der Waals surface area contributed by atoms with Crippen molar-refractivity contribution in [3.8, 4) is 0 Å². The summed E-state index contributed by atoms with van der Waals surface area (Å²) in [6, 6.07) is 32.5. The van der Waals surface area contributed by atoms with Crippen LogP contribution in [0.25, 0.3) is 0 Å². The molecule has 2 nitrogen and oxygen atoms in total. The molecule has 0 amide bonds. The molecule has 0 fully saturated rings. The van der Waals surface area contributed by atoms with Crippen LogP contribution < -0.4 is 0 Å². The van der Waals surface area contributed by atoms with Crippen molar-refractivity contribution < 1.29 is 4.74 Å². The number of ether oxygens (including phenoxy) is 1. The first kappa shape index (κ1) is 18.4. The number of methoxy groups -OCH3 is 1. The average molecular weight is 345 g/mol. The van der Waals surface area contributed by atoms with Gasteiger partial charge in [-0.25, -0.2) is 0 Å². The highest BCUT2D eigenvalue weighted by atomic mass is 16.5. The third-order valence-corrected chi connectivity index (χ3v) is 4.68. The van der Waals surface area contributed by atoms with Crippen LogP contribution in [0.3, 0.4) is 0 Å². The predicted octanol–water partition coefficient (Wildman–Crippen LogP) is 5.47. The maximum Gasteiger partial charge on any atom is 0.0480 e. The topological polar surface area (TPSA) is 12.5 Å². The second kappa shape index (κ2) is 9.91. The molecule has 0 N–H and O–H groups in total. The Balaban J connectivity index is 1.89. The molecule has 2 heteroatoms. The highest BCUT2D eigenvalue weighted by Crippen LogP contribution is 2.28. The second-order valence-corrected chi connectivity index (χ2v) is 6.58. The monoisotopic (exact) mass is 345 g/mol. The summed E-state index contributed by atoms with van der Waals surface area (Å²) >= 11 is 0. The maximum atomic E-state index is 5.42. The number of nitrogens with zero attached hydrogens (tertiary/aromatic N) is 1. The molecule has 0 unspecified atom stereocenters. The summed E-state index contributed by atoms with van der Waals surface area (Å²) in [5.41, 5.74) is 4.01. The Bertz CT molecular complexity index is 701. The van der Waals surface area contributed by atoms with Crippen molar-refractivity contribution in [3.63, 3.8) is 0 Å². The highest BCUT2D eigenvalue weighted by Gasteiger charge is 2.21. The largest absolute Gasteiger partial charge is 0.385 e. The lowest BCUT2D eigenvalue weighted by Crippen LogP contribution is -2.29. The van der Waals surface area contributed by atoms with Crippen LogP contribution in [-0.4, -0.2) is 18.6 Å². The van der Waals surface area contributed by atoms with Gasteiger partial charge in [0.25, 0.3) is 0 Å². The lowest BCUT2D eigenvalue weighted by atomic mass is 10.0. The van der Waals surface area contributed by atoms with E-state index < -0.39 is 0 Å². The van der Waals surface area contributed by atoms with Crippen molar-refractivity contribution in [2.24, 2.45) is 0 Å². The SMILES string of the molecule is COCC[C@@H](c1ccccc1)N(Cc1ccccc1)Cc1ccccc1. The number of rotatable bonds is 9. The van der Waals surface area contributed by atoms with Crippen molar-refractivity contribution in [1.82, 2.24) is 4.90 Å². The molecule has 0 aromatic heterocycles. The van der Waals surface area contributed by atoms with Crippen LogP contribution in [0, 0.1) is 0 Å². The van der Waals surface area contributed by atoms with Crippen LogP contribution in [-0.2, 0) is 17.8 Å². The van der Waals surface area contributed by atoms with E-state index in [4.69, 9.17) is 4.74 Å². The maximum absolute atomic E-state index is 5.42. The molecule has 26 heavy (non-hydrogen) atoms. The van der Waals surface area contributed by atoms with Gasteiger partial charge in [-0.05, 0) is 23.1 Å². The minimum Gasteiger partial charge on any atom is -0.385 e. The second-order valence-electron chi connectivity index (χ2n) is 6.58. The summed E-state index contributed by atoms with van der Waals surface area (Å²) in [5.74, 6) is 0. The molecule has 0 aliphatic carbocycles. The third-order valence-electron chi connectivity index (χ3n) is 4.68. The van der Waals surface area contributed by atoms with E-state index in [1.165, 1.54) is 16.7 Å². The molecular weight excluding hydrogens is 318 g/mol. The molecular formula is C24H27NO. The highest BCUT2D eigenvalue weighted by molar-refractivity contribution is 5.22. The van der Waals surface area contributed by atoms with E-state index in [-0.39, 0.29) is 0 Å². The summed E-state index contributed by atoms with van der Waals surface area (Å²) in [7, 11) is 1.78. The van der Waals surface area contributed by atoms with Crippen molar-refractivity contribution in [3.05, 3.63) is 108 Å². The summed E-state index contributed by atoms with van der Waals surface area (Å²) < 4.78 is 5.42. The number of benzene rings is 3. The first-order valence-electron chi connectivity index (χ1n) is 9.22. The Kier molecular flexibility index (Phi) is 7.00. The molecule has 3 rings (SSSR count). The van der Waals surface area contributed by atoms with E-state index >= 15 is 0 Å². The minimum atomic E-state index is 0.316. The van der Waals surface area contributed by atoms with Crippen molar-refractivity contribution in [2.45, 2.75) is 25.6 Å². The van der Waals surface area contributed by atoms with Gasteiger partial charge in [-0.1, -0.05) is 91.0 Å². The van der Waals surface area contributed by atoms with Crippen LogP contribution in [0.15, 0.2) is 91.0 Å². The van der Waals surface area contributed by atoms with Crippen LogP contribution >= 0.6 is 0 Å². The quantitative estimate of drug-likeness (QED) is 0.510. The lowest BCUT2D eigenvalue weighted by Gasteiger charge is -2.32. The van der Waals surface area contributed by atoms with Crippen LogP contribution in [0.4, 0.5) is 0 Å². The van der Waals surface area contributed by atoms with Gasteiger partial charge in [0.15, 0.2) is 0 Å². The predicted molar refractivity (Wildman–Crippen MR) is 108 cm³/mol. The van der Waals surface area contributed by atoms with E-state index in [0.29, 0.717) is 6.04 Å². The van der Waals surface area contributed by atoms with Crippen molar-refractivity contribution in [2.75, 3.05) is 13.7 Å². The molecule has 0 bridgehead atoms. The van der Waals surface area contributed by atoms with Crippen LogP contribution in [0.1, 0.15) is 29.2 Å². The summed E-state index contributed by atoms with van der Waals surface area (Å²) in [6.45, 7) is 2.58. The van der Waals surface area contributed by atoms with Crippen molar-refractivity contribution >= 4 is 0 Å². The third kappa shape index (κ3) is 5.29. The lowest BCUT2D eigenvalue weighted by molar-refractivity contribution is 0.120. The standard InChI is InChI=1S/C24H27NO/c1-26-18-17-24(23-15-9-4-10-16-23)25(19-21-11-5-2-6-12-21)20-22-13-7-3-8-14-22/h2-16,24H,17-20H2,1H3/t24-/m0/s1. The first-order chi connectivity index (χ1) is 12.9. The Morgan fingerprint density at radius 1 is 0.692 bits per heavy atom. The zero-order valence-electron chi connectivity index (χ0n) is 15.4. The summed E-state index contributed by atoms with van der Waals surface area (Å²) in [5, 5.41) is 0. The normalized spacial score (nSPS) is 12.2. The molecule has 134 valence electrons. The van der Waals surface area contributed by atoms with Crippen molar-refractivity contribution in [1.29, 1.82) is 0 Å². The number of hydrogen-bond acceptors (Lipinski definition) is 2. The first-order valence-corrected chi connectivity index (χ1v) is 9.22. The fourth-order valence-electron chi connectivity index (χ4n) is 3.38. The van der Waals surface area contributed by atoms with E-state index in [1.54, 1.807) is 7.11 Å². The average Bonchev–Trinajstić information content (AvgIpc) is 2.70. The molecule has 0 saturated carbocycles. The molecule has 1 atom stereocenters. The van der Waals surface area contributed by atoms with Crippen LogP contribution in [0.5, 0.6) is 0 Å². The molecule has 3 aromatic carbocycles. The molecule has 0 aliphatic heterocycles.